The Balaban J connectivity index is 0.000000310. The molecule has 3 aliphatic carbocycles. The number of rotatable bonds is 9. The Labute approximate surface area is 286 Å². The molecule has 0 aliphatic heterocycles. The van der Waals surface area contributed by atoms with Crippen molar-refractivity contribution in [2.75, 3.05) is 26.2 Å². The van der Waals surface area contributed by atoms with E-state index in [2.05, 4.69) is 72.7 Å². The van der Waals surface area contributed by atoms with Crippen LogP contribution in [0.5, 0.6) is 0 Å². The molecule has 8 unspecified atom stereocenters. The summed E-state index contributed by atoms with van der Waals surface area (Å²) in [5.41, 5.74) is 37.7. The summed E-state index contributed by atoms with van der Waals surface area (Å²) in [4.78, 5) is 0. The second kappa shape index (κ2) is 22.6. The molecule has 0 bridgehead atoms. The van der Waals surface area contributed by atoms with Gasteiger partial charge in [-0.15, -0.1) is 0 Å². The summed E-state index contributed by atoms with van der Waals surface area (Å²) in [5.74, 6) is 5.01. The number of hydrogen-bond donors (Lipinski definition) is 6. The maximum atomic E-state index is 6.01. The first-order valence-electron chi connectivity index (χ1n) is 19.2. The molecule has 0 saturated heterocycles. The predicted molar refractivity (Wildman–Crippen MR) is 203 cm³/mol. The van der Waals surface area contributed by atoms with E-state index in [1.54, 1.807) is 0 Å². The van der Waals surface area contributed by atoms with Crippen LogP contribution in [0, 0.1) is 46.3 Å². The molecule has 6 nitrogen and oxygen atoms in total. The molecular formula is C40H80N6. The van der Waals surface area contributed by atoms with Crippen LogP contribution in [0.4, 0.5) is 0 Å². The van der Waals surface area contributed by atoms with Gasteiger partial charge in [0.1, 0.15) is 0 Å². The molecule has 270 valence electrons. The minimum atomic E-state index is 0.279. The summed E-state index contributed by atoms with van der Waals surface area (Å²) in [5, 5.41) is 0. The molecule has 0 radical (unpaired) electrons. The highest BCUT2D eigenvalue weighted by Crippen LogP contribution is 2.44. The summed E-state index contributed by atoms with van der Waals surface area (Å²) in [7, 11) is 0. The molecule has 46 heavy (non-hydrogen) atoms. The third-order valence-electron chi connectivity index (χ3n) is 11.6. The fourth-order valence-corrected chi connectivity index (χ4v) is 8.96. The summed E-state index contributed by atoms with van der Waals surface area (Å²) in [6.07, 6.45) is 16.8. The molecule has 1 aromatic carbocycles. The molecule has 3 fully saturated rings. The molecule has 0 aromatic heterocycles. The van der Waals surface area contributed by atoms with Crippen LogP contribution in [0.3, 0.4) is 0 Å². The molecule has 0 heterocycles. The van der Waals surface area contributed by atoms with Crippen molar-refractivity contribution < 1.29 is 0 Å². The first kappa shape index (κ1) is 43.0. The Bertz CT molecular complexity index is 842. The van der Waals surface area contributed by atoms with Gasteiger partial charge in [-0.05, 0) is 135 Å². The van der Waals surface area contributed by atoms with E-state index in [0.29, 0.717) is 29.8 Å². The number of aryl methyl sites for hydroxylation is 1. The van der Waals surface area contributed by atoms with Gasteiger partial charge in [-0.3, -0.25) is 0 Å². The molecule has 0 amide bonds. The summed E-state index contributed by atoms with van der Waals surface area (Å²) < 4.78 is 0. The van der Waals surface area contributed by atoms with Crippen molar-refractivity contribution in [3.05, 3.63) is 35.4 Å². The quantitative estimate of drug-likeness (QED) is 0.165. The van der Waals surface area contributed by atoms with Crippen molar-refractivity contribution in [3.63, 3.8) is 0 Å². The molecule has 0 spiro atoms. The summed E-state index contributed by atoms with van der Waals surface area (Å²) in [6.45, 7) is 19.9. The van der Waals surface area contributed by atoms with Crippen molar-refractivity contribution in [2.24, 2.45) is 80.7 Å². The van der Waals surface area contributed by atoms with Crippen LogP contribution in [0.15, 0.2) is 24.3 Å². The van der Waals surface area contributed by atoms with Gasteiger partial charge in [0, 0.05) is 12.6 Å². The molecular weight excluding hydrogens is 564 g/mol. The van der Waals surface area contributed by atoms with E-state index in [1.807, 2.05) is 0 Å². The number of hydrogen-bond acceptors (Lipinski definition) is 6. The van der Waals surface area contributed by atoms with Crippen LogP contribution in [-0.4, -0.2) is 32.2 Å². The van der Waals surface area contributed by atoms with Crippen molar-refractivity contribution in [1.29, 1.82) is 0 Å². The predicted octanol–water partition coefficient (Wildman–Crippen LogP) is 7.34. The van der Waals surface area contributed by atoms with E-state index in [0.717, 1.165) is 69.1 Å². The van der Waals surface area contributed by atoms with E-state index in [-0.39, 0.29) is 5.41 Å². The smallest absolute Gasteiger partial charge is 0.0178 e. The van der Waals surface area contributed by atoms with Crippen molar-refractivity contribution in [3.8, 4) is 0 Å². The van der Waals surface area contributed by atoms with E-state index >= 15 is 0 Å². The second-order valence-corrected chi connectivity index (χ2v) is 16.2. The normalized spacial score (nSPS) is 32.1. The molecule has 3 saturated carbocycles. The van der Waals surface area contributed by atoms with Gasteiger partial charge in [0.05, 0.1) is 0 Å². The Morgan fingerprint density at radius 2 is 1.24 bits per heavy atom. The van der Waals surface area contributed by atoms with Crippen molar-refractivity contribution in [1.82, 2.24) is 0 Å². The number of benzene rings is 1. The highest BCUT2D eigenvalue weighted by Gasteiger charge is 2.39. The minimum absolute atomic E-state index is 0.279. The standard InChI is InChI=1S/C12H26N2.C10H22N2.C9H19N.C9H13N/c1-3-9-5-11(7-13)12(8-14)6-10(9)4-2;1-9(2)4-8(12)5-10(3,6-9)7-11;2*1-2-8-4-3-5-9(6-8)7-10/h9-12H,3-8,13-14H2,1-2H3;8H,4-7,11-12H2,1-3H3;8-9H,2-7,10H2,1H3;3-6H,2,7,10H2,1H3. The van der Waals surface area contributed by atoms with E-state index in [9.17, 15) is 0 Å². The van der Waals surface area contributed by atoms with Gasteiger partial charge in [0.15, 0.2) is 0 Å². The second-order valence-electron chi connectivity index (χ2n) is 16.2. The monoisotopic (exact) mass is 645 g/mol. The van der Waals surface area contributed by atoms with Crippen LogP contribution in [0.25, 0.3) is 0 Å². The topological polar surface area (TPSA) is 156 Å². The largest absolute Gasteiger partial charge is 0.330 e. The van der Waals surface area contributed by atoms with E-state index in [4.69, 9.17) is 34.4 Å². The molecule has 8 atom stereocenters. The van der Waals surface area contributed by atoms with Crippen molar-refractivity contribution in [2.45, 2.75) is 145 Å². The van der Waals surface area contributed by atoms with Crippen LogP contribution in [0.1, 0.15) is 137 Å². The maximum Gasteiger partial charge on any atom is 0.0178 e. The SMILES string of the molecule is CC1(C)CC(N)CC(C)(CN)C1.CCC1CC(CN)C(CN)CC1CC.CCC1CCCC(CN)C1.CCc1cccc(CN)c1. The van der Waals surface area contributed by atoms with Crippen LogP contribution >= 0.6 is 0 Å². The summed E-state index contributed by atoms with van der Waals surface area (Å²) in [6, 6.07) is 8.74. The van der Waals surface area contributed by atoms with Crippen molar-refractivity contribution >= 4 is 0 Å². The fourth-order valence-electron chi connectivity index (χ4n) is 8.96. The maximum absolute atomic E-state index is 6.01. The third-order valence-corrected chi connectivity index (χ3v) is 11.6. The van der Waals surface area contributed by atoms with Gasteiger partial charge < -0.3 is 34.4 Å². The number of nitrogens with two attached hydrogens (primary N) is 6. The zero-order valence-electron chi connectivity index (χ0n) is 31.5. The lowest BCUT2D eigenvalue weighted by Crippen LogP contribution is -2.45. The van der Waals surface area contributed by atoms with Gasteiger partial charge in [-0.1, -0.05) is 105 Å². The first-order chi connectivity index (χ1) is 21.9. The first-order valence-corrected chi connectivity index (χ1v) is 19.2. The highest BCUT2D eigenvalue weighted by molar-refractivity contribution is 5.22. The average molecular weight is 645 g/mol. The lowest BCUT2D eigenvalue weighted by Gasteiger charge is -2.45. The van der Waals surface area contributed by atoms with E-state index < -0.39 is 0 Å². The van der Waals surface area contributed by atoms with Crippen LogP contribution in [-0.2, 0) is 13.0 Å². The average Bonchev–Trinajstić information content (AvgIpc) is 3.07. The van der Waals surface area contributed by atoms with Gasteiger partial charge in [-0.2, -0.15) is 0 Å². The minimum Gasteiger partial charge on any atom is -0.330 e. The molecule has 6 heteroatoms. The zero-order valence-corrected chi connectivity index (χ0v) is 31.5. The zero-order chi connectivity index (χ0) is 34.8. The van der Waals surface area contributed by atoms with Gasteiger partial charge in [0.25, 0.3) is 0 Å². The molecule has 12 N–H and O–H groups in total. The molecule has 1 aromatic rings. The Morgan fingerprint density at radius 3 is 1.67 bits per heavy atom. The van der Waals surface area contributed by atoms with Gasteiger partial charge in [-0.25, -0.2) is 0 Å². The van der Waals surface area contributed by atoms with Gasteiger partial charge >= 0.3 is 0 Å². The lowest BCUT2D eigenvalue weighted by atomic mass is 9.63. The highest BCUT2D eigenvalue weighted by atomic mass is 14.7. The Hall–Kier alpha value is -1.02. The van der Waals surface area contributed by atoms with E-state index in [1.165, 1.54) is 75.3 Å². The Morgan fingerprint density at radius 1 is 0.674 bits per heavy atom. The van der Waals surface area contributed by atoms with Crippen LogP contribution in [0.2, 0.25) is 0 Å². The van der Waals surface area contributed by atoms with Gasteiger partial charge in [0.2, 0.25) is 0 Å². The molecule has 4 rings (SSSR count). The van der Waals surface area contributed by atoms with Crippen LogP contribution < -0.4 is 34.4 Å². The lowest BCUT2D eigenvalue weighted by molar-refractivity contribution is 0.0904. The Kier molecular flexibility index (Phi) is 21.1. The third kappa shape index (κ3) is 15.5. The molecule has 3 aliphatic rings. The summed E-state index contributed by atoms with van der Waals surface area (Å²) >= 11 is 0. The fraction of sp³-hybridized carbons (Fsp3) is 0.850.